The summed E-state index contributed by atoms with van der Waals surface area (Å²) in [6, 6.07) is 13.0. The van der Waals surface area contributed by atoms with Gasteiger partial charge in [0.15, 0.2) is 5.13 Å². The molecule has 0 aliphatic carbocycles. The van der Waals surface area contributed by atoms with E-state index in [-0.39, 0.29) is 10.0 Å². The van der Waals surface area contributed by atoms with Gasteiger partial charge >= 0.3 is 0 Å². The molecule has 0 atom stereocenters. The Kier molecular flexibility index (Phi) is 5.29. The van der Waals surface area contributed by atoms with E-state index in [1.54, 1.807) is 23.6 Å². The highest BCUT2D eigenvalue weighted by molar-refractivity contribution is 7.93. The van der Waals surface area contributed by atoms with E-state index in [9.17, 15) is 17.6 Å². The Bertz CT molecular complexity index is 976. The Hall–Kier alpha value is -2.78. The number of thiazole rings is 1. The molecule has 6 nitrogen and oxygen atoms in total. The molecule has 0 unspecified atom stereocenters. The summed E-state index contributed by atoms with van der Waals surface area (Å²) in [5.74, 6) is -0.995. The van der Waals surface area contributed by atoms with E-state index in [0.29, 0.717) is 5.69 Å². The van der Waals surface area contributed by atoms with E-state index in [4.69, 9.17) is 0 Å². The van der Waals surface area contributed by atoms with Gasteiger partial charge in [-0.25, -0.2) is 22.1 Å². The lowest BCUT2D eigenvalue weighted by Gasteiger charge is -2.21. The maximum atomic E-state index is 13.0. The van der Waals surface area contributed by atoms with Crippen LogP contribution in [0.3, 0.4) is 0 Å². The number of nitrogens with zero attached hydrogens (tertiary/aromatic N) is 2. The molecule has 26 heavy (non-hydrogen) atoms. The number of aromatic nitrogens is 1. The molecule has 0 spiro atoms. The van der Waals surface area contributed by atoms with E-state index in [1.807, 2.05) is 0 Å². The Morgan fingerprint density at radius 1 is 1.12 bits per heavy atom. The van der Waals surface area contributed by atoms with Crippen LogP contribution in [0.15, 0.2) is 71.1 Å². The van der Waals surface area contributed by atoms with Crippen molar-refractivity contribution in [3.05, 3.63) is 72.0 Å². The van der Waals surface area contributed by atoms with Gasteiger partial charge in [-0.2, -0.15) is 0 Å². The molecule has 0 bridgehead atoms. The zero-order valence-corrected chi connectivity index (χ0v) is 15.0. The second kappa shape index (κ2) is 7.63. The Balaban J connectivity index is 1.86. The molecule has 0 saturated heterocycles. The largest absolute Gasteiger partial charge is 0.325 e. The van der Waals surface area contributed by atoms with Gasteiger partial charge in [0.1, 0.15) is 12.4 Å². The molecule has 0 radical (unpaired) electrons. The first-order valence-corrected chi connectivity index (χ1v) is 9.81. The number of hydrogen-bond acceptors (Lipinski definition) is 5. The summed E-state index contributed by atoms with van der Waals surface area (Å²) in [6.07, 6.45) is 1.46. The zero-order chi connectivity index (χ0) is 18.6. The average Bonchev–Trinajstić information content (AvgIpc) is 3.16. The van der Waals surface area contributed by atoms with Crippen molar-refractivity contribution < 1.29 is 17.6 Å². The number of carbonyl (C=O) groups is 1. The smallest absolute Gasteiger partial charge is 0.266 e. The SMILES string of the molecule is O=C(CN(c1nccs1)S(=O)(=O)c1ccccc1)Nc1ccc(F)cc1. The normalized spacial score (nSPS) is 11.1. The second-order valence-electron chi connectivity index (χ2n) is 5.19. The molecule has 1 aromatic heterocycles. The van der Waals surface area contributed by atoms with Crippen molar-refractivity contribution >= 4 is 38.1 Å². The van der Waals surface area contributed by atoms with Crippen LogP contribution in [0.5, 0.6) is 0 Å². The van der Waals surface area contributed by atoms with Crippen LogP contribution < -0.4 is 9.62 Å². The first-order chi connectivity index (χ1) is 12.5. The van der Waals surface area contributed by atoms with Crippen LogP contribution in [0.4, 0.5) is 15.2 Å². The minimum atomic E-state index is -3.96. The van der Waals surface area contributed by atoms with Gasteiger partial charge in [0.05, 0.1) is 4.90 Å². The van der Waals surface area contributed by atoms with Crippen LogP contribution >= 0.6 is 11.3 Å². The fraction of sp³-hybridized carbons (Fsp3) is 0.0588. The number of carbonyl (C=O) groups excluding carboxylic acids is 1. The topological polar surface area (TPSA) is 79.4 Å². The predicted molar refractivity (Wildman–Crippen MR) is 98.1 cm³/mol. The molecule has 0 saturated carbocycles. The van der Waals surface area contributed by atoms with Gasteiger partial charge in [0, 0.05) is 17.3 Å². The van der Waals surface area contributed by atoms with Gasteiger partial charge in [-0.1, -0.05) is 18.2 Å². The van der Waals surface area contributed by atoms with Gasteiger partial charge in [0.2, 0.25) is 5.91 Å². The Morgan fingerprint density at radius 2 is 1.81 bits per heavy atom. The minimum Gasteiger partial charge on any atom is -0.325 e. The lowest BCUT2D eigenvalue weighted by molar-refractivity contribution is -0.114. The van der Waals surface area contributed by atoms with E-state index in [1.165, 1.54) is 42.6 Å². The number of benzene rings is 2. The molecule has 1 amide bonds. The summed E-state index contributed by atoms with van der Waals surface area (Å²) >= 11 is 1.11. The van der Waals surface area contributed by atoms with Crippen LogP contribution in [0.25, 0.3) is 0 Å². The molecular formula is C17H14FN3O3S2. The van der Waals surface area contributed by atoms with Crippen molar-refractivity contribution in [2.45, 2.75) is 4.90 Å². The van der Waals surface area contributed by atoms with Gasteiger partial charge < -0.3 is 5.32 Å². The number of rotatable bonds is 6. The van der Waals surface area contributed by atoms with Gasteiger partial charge in [0.25, 0.3) is 10.0 Å². The maximum absolute atomic E-state index is 13.0. The Morgan fingerprint density at radius 3 is 2.42 bits per heavy atom. The third-order valence-electron chi connectivity index (χ3n) is 3.38. The van der Waals surface area contributed by atoms with Gasteiger partial charge in [-0.05, 0) is 36.4 Å². The summed E-state index contributed by atoms with van der Waals surface area (Å²) in [6.45, 7) is -0.456. The number of hydrogen-bond donors (Lipinski definition) is 1. The fourth-order valence-electron chi connectivity index (χ4n) is 2.18. The molecule has 0 aliphatic heterocycles. The highest BCUT2D eigenvalue weighted by Crippen LogP contribution is 2.25. The summed E-state index contributed by atoms with van der Waals surface area (Å²) in [5.41, 5.74) is 0.368. The maximum Gasteiger partial charge on any atom is 0.266 e. The molecule has 134 valence electrons. The first kappa shape index (κ1) is 18.0. The number of halogens is 1. The molecule has 2 aromatic carbocycles. The highest BCUT2D eigenvalue weighted by atomic mass is 32.2. The van der Waals surface area contributed by atoms with E-state index < -0.39 is 28.3 Å². The standard InChI is InChI=1S/C17H14FN3O3S2/c18-13-6-8-14(9-7-13)20-16(22)12-21(17-19-10-11-25-17)26(23,24)15-4-2-1-3-5-15/h1-11H,12H2,(H,20,22). The van der Waals surface area contributed by atoms with E-state index in [2.05, 4.69) is 10.3 Å². The summed E-state index contributed by atoms with van der Waals surface area (Å²) in [4.78, 5) is 16.4. The van der Waals surface area contributed by atoms with Crippen LogP contribution in [-0.2, 0) is 14.8 Å². The molecule has 0 fully saturated rings. The predicted octanol–water partition coefficient (Wildman–Crippen LogP) is 3.12. The van der Waals surface area contributed by atoms with Crippen LogP contribution in [0.2, 0.25) is 0 Å². The quantitative estimate of drug-likeness (QED) is 0.700. The molecule has 1 heterocycles. The number of nitrogens with one attached hydrogen (secondary N) is 1. The highest BCUT2D eigenvalue weighted by Gasteiger charge is 2.28. The van der Waals surface area contributed by atoms with E-state index in [0.717, 1.165) is 15.6 Å². The minimum absolute atomic E-state index is 0.0600. The van der Waals surface area contributed by atoms with Crippen molar-refractivity contribution in [3.8, 4) is 0 Å². The first-order valence-electron chi connectivity index (χ1n) is 7.49. The number of anilines is 2. The molecule has 3 aromatic rings. The summed E-state index contributed by atoms with van der Waals surface area (Å²) < 4.78 is 39.8. The molecule has 0 aliphatic rings. The second-order valence-corrected chi connectivity index (χ2v) is 7.93. The van der Waals surface area contributed by atoms with Crippen molar-refractivity contribution in [1.82, 2.24) is 4.98 Å². The zero-order valence-electron chi connectivity index (χ0n) is 13.4. The van der Waals surface area contributed by atoms with Crippen molar-refractivity contribution in [3.63, 3.8) is 0 Å². The van der Waals surface area contributed by atoms with Crippen LogP contribution in [0.1, 0.15) is 0 Å². The van der Waals surface area contributed by atoms with Crippen molar-refractivity contribution in [1.29, 1.82) is 0 Å². The number of sulfonamides is 1. The summed E-state index contributed by atoms with van der Waals surface area (Å²) in [5, 5.41) is 4.36. The fourth-order valence-corrected chi connectivity index (χ4v) is 4.44. The Labute approximate surface area is 154 Å². The number of amides is 1. The molecule has 3 rings (SSSR count). The molecule has 1 N–H and O–H groups in total. The monoisotopic (exact) mass is 391 g/mol. The van der Waals surface area contributed by atoms with Crippen molar-refractivity contribution in [2.75, 3.05) is 16.2 Å². The molecule has 9 heteroatoms. The lowest BCUT2D eigenvalue weighted by atomic mass is 10.3. The van der Waals surface area contributed by atoms with E-state index >= 15 is 0 Å². The van der Waals surface area contributed by atoms with Crippen LogP contribution in [0, 0.1) is 5.82 Å². The van der Waals surface area contributed by atoms with Gasteiger partial charge in [-0.3, -0.25) is 4.79 Å². The van der Waals surface area contributed by atoms with Gasteiger partial charge in [-0.15, -0.1) is 11.3 Å². The molecular weight excluding hydrogens is 377 g/mol. The average molecular weight is 391 g/mol. The summed E-state index contributed by atoms with van der Waals surface area (Å²) in [7, 11) is -3.96. The van der Waals surface area contributed by atoms with Crippen LogP contribution in [-0.4, -0.2) is 25.9 Å². The lowest BCUT2D eigenvalue weighted by Crippen LogP contribution is -2.38. The third kappa shape index (κ3) is 4.06. The third-order valence-corrected chi connectivity index (χ3v) is 6.04. The van der Waals surface area contributed by atoms with Crippen molar-refractivity contribution in [2.24, 2.45) is 0 Å².